The normalized spacial score (nSPS) is 12.2. The number of halogens is 2. The van der Waals surface area contributed by atoms with Crippen molar-refractivity contribution in [3.8, 4) is 5.75 Å². The highest BCUT2D eigenvalue weighted by Gasteiger charge is 2.14. The smallest absolute Gasteiger partial charge is 0.118 e. The largest absolute Gasteiger partial charge is 0.497 e. The lowest BCUT2D eigenvalue weighted by atomic mass is 10.0. The molecule has 0 aliphatic heterocycles. The highest BCUT2D eigenvalue weighted by Crippen LogP contribution is 2.31. The Kier molecular flexibility index (Phi) is 4.43. The molecule has 0 spiro atoms. The molecular weight excluding hydrogens is 360 g/mol. The molecule has 0 fully saturated rings. The van der Waals surface area contributed by atoms with Gasteiger partial charge in [0.15, 0.2) is 0 Å². The summed E-state index contributed by atoms with van der Waals surface area (Å²) in [4.78, 5) is 0. The van der Waals surface area contributed by atoms with Gasteiger partial charge in [-0.2, -0.15) is 0 Å². The summed E-state index contributed by atoms with van der Waals surface area (Å²) >= 11 is 6.86. The van der Waals surface area contributed by atoms with Gasteiger partial charge in [0, 0.05) is 14.5 Å². The van der Waals surface area contributed by atoms with Crippen LogP contribution < -0.4 is 4.74 Å². The van der Waals surface area contributed by atoms with Crippen molar-refractivity contribution in [2.24, 2.45) is 0 Å². The van der Waals surface area contributed by atoms with Crippen LogP contribution in [-0.4, -0.2) is 12.2 Å². The molecule has 2 nitrogen and oxygen atoms in total. The van der Waals surface area contributed by atoms with Crippen LogP contribution in [0.5, 0.6) is 5.75 Å². The Labute approximate surface area is 123 Å². The number of aliphatic hydroxyl groups excluding tert-OH is 1. The first kappa shape index (κ1) is 13.6. The molecule has 1 N–H and O–H groups in total. The van der Waals surface area contributed by atoms with Crippen LogP contribution in [0.25, 0.3) is 0 Å². The Morgan fingerprint density at radius 2 is 1.72 bits per heavy atom. The average Bonchev–Trinajstić information content (AvgIpc) is 2.41. The predicted octanol–water partition coefficient (Wildman–Crippen LogP) is 4.30. The number of hydrogen-bond donors (Lipinski definition) is 1. The molecule has 0 aliphatic rings. The first-order chi connectivity index (χ1) is 8.61. The Morgan fingerprint density at radius 3 is 2.33 bits per heavy atom. The van der Waals surface area contributed by atoms with Crippen molar-refractivity contribution >= 4 is 31.9 Å². The second-order valence-electron chi connectivity index (χ2n) is 3.84. The summed E-state index contributed by atoms with van der Waals surface area (Å²) in [5.41, 5.74) is 1.66. The van der Waals surface area contributed by atoms with E-state index < -0.39 is 6.10 Å². The molecule has 0 amide bonds. The fourth-order valence-electron chi connectivity index (χ4n) is 1.69. The van der Waals surface area contributed by atoms with Crippen molar-refractivity contribution in [1.82, 2.24) is 0 Å². The Hall–Kier alpha value is -0.840. The number of rotatable bonds is 3. The maximum atomic E-state index is 10.4. The second kappa shape index (κ2) is 5.87. The van der Waals surface area contributed by atoms with E-state index >= 15 is 0 Å². The average molecular weight is 372 g/mol. The van der Waals surface area contributed by atoms with Crippen molar-refractivity contribution < 1.29 is 9.84 Å². The van der Waals surface area contributed by atoms with Gasteiger partial charge < -0.3 is 9.84 Å². The van der Waals surface area contributed by atoms with Crippen molar-refractivity contribution in [2.75, 3.05) is 7.11 Å². The summed E-state index contributed by atoms with van der Waals surface area (Å²) in [5.74, 6) is 0.777. The van der Waals surface area contributed by atoms with Crippen LogP contribution in [0.2, 0.25) is 0 Å². The Bertz CT molecular complexity index is 538. The van der Waals surface area contributed by atoms with Crippen LogP contribution >= 0.6 is 31.9 Å². The van der Waals surface area contributed by atoms with Gasteiger partial charge in [-0.1, -0.05) is 44.0 Å². The first-order valence-electron chi connectivity index (χ1n) is 5.39. The fraction of sp³-hybridized carbons (Fsp3) is 0.143. The molecule has 1 atom stereocenters. The van der Waals surface area contributed by atoms with Crippen molar-refractivity contribution in [1.29, 1.82) is 0 Å². The quantitative estimate of drug-likeness (QED) is 0.871. The Morgan fingerprint density at radius 1 is 1.06 bits per heavy atom. The van der Waals surface area contributed by atoms with Gasteiger partial charge in [0.2, 0.25) is 0 Å². The highest BCUT2D eigenvalue weighted by molar-refractivity contribution is 9.11. The molecule has 0 saturated heterocycles. The third-order valence-corrected chi connectivity index (χ3v) is 3.90. The molecule has 0 radical (unpaired) electrons. The van der Waals surface area contributed by atoms with Gasteiger partial charge in [0.1, 0.15) is 11.9 Å². The third-order valence-electron chi connectivity index (χ3n) is 2.68. The third kappa shape index (κ3) is 2.94. The summed E-state index contributed by atoms with van der Waals surface area (Å²) in [5, 5.41) is 10.4. The van der Waals surface area contributed by atoms with Crippen LogP contribution in [0.15, 0.2) is 51.4 Å². The number of benzene rings is 2. The topological polar surface area (TPSA) is 29.5 Å². The summed E-state index contributed by atoms with van der Waals surface area (Å²) in [6.45, 7) is 0. The standard InChI is InChI=1S/C14H12Br2O2/c1-18-11-5-2-9(3-6-11)14(17)12-8-10(15)4-7-13(12)16/h2-8,14,17H,1H3. The van der Waals surface area contributed by atoms with E-state index in [1.165, 1.54) is 0 Å². The monoisotopic (exact) mass is 370 g/mol. The number of methoxy groups -OCH3 is 1. The molecule has 0 aromatic heterocycles. The maximum absolute atomic E-state index is 10.4. The lowest BCUT2D eigenvalue weighted by molar-refractivity contribution is 0.219. The number of ether oxygens (including phenoxy) is 1. The fourth-order valence-corrected chi connectivity index (χ4v) is 2.53. The second-order valence-corrected chi connectivity index (χ2v) is 5.61. The minimum atomic E-state index is -0.664. The van der Waals surface area contributed by atoms with Crippen molar-refractivity contribution in [3.63, 3.8) is 0 Å². The van der Waals surface area contributed by atoms with E-state index in [9.17, 15) is 5.11 Å². The predicted molar refractivity (Wildman–Crippen MR) is 78.9 cm³/mol. The first-order valence-corrected chi connectivity index (χ1v) is 6.97. The van der Waals surface area contributed by atoms with E-state index in [0.717, 1.165) is 25.8 Å². The van der Waals surface area contributed by atoms with Crippen LogP contribution in [0.4, 0.5) is 0 Å². The van der Waals surface area contributed by atoms with E-state index in [1.54, 1.807) is 7.11 Å². The van der Waals surface area contributed by atoms with E-state index in [-0.39, 0.29) is 0 Å². The van der Waals surface area contributed by atoms with Crippen molar-refractivity contribution in [2.45, 2.75) is 6.10 Å². The zero-order chi connectivity index (χ0) is 13.1. The molecule has 4 heteroatoms. The van der Waals surface area contributed by atoms with E-state index in [1.807, 2.05) is 42.5 Å². The SMILES string of the molecule is COc1ccc(C(O)c2cc(Br)ccc2Br)cc1. The summed E-state index contributed by atoms with van der Waals surface area (Å²) in [7, 11) is 1.62. The van der Waals surface area contributed by atoms with E-state index in [2.05, 4.69) is 31.9 Å². The molecule has 0 saturated carbocycles. The molecule has 0 bridgehead atoms. The van der Waals surface area contributed by atoms with Gasteiger partial charge in [0.05, 0.1) is 7.11 Å². The van der Waals surface area contributed by atoms with Crippen molar-refractivity contribution in [3.05, 3.63) is 62.5 Å². The van der Waals surface area contributed by atoms with Crippen LogP contribution in [0, 0.1) is 0 Å². The zero-order valence-corrected chi connectivity index (χ0v) is 12.9. The minimum Gasteiger partial charge on any atom is -0.497 e. The summed E-state index contributed by atoms with van der Waals surface area (Å²) in [6, 6.07) is 13.1. The van der Waals surface area contributed by atoms with Crippen LogP contribution in [0.1, 0.15) is 17.2 Å². The highest BCUT2D eigenvalue weighted by atomic mass is 79.9. The van der Waals surface area contributed by atoms with Gasteiger partial charge in [-0.3, -0.25) is 0 Å². The van der Waals surface area contributed by atoms with Crippen LogP contribution in [-0.2, 0) is 0 Å². The van der Waals surface area contributed by atoms with E-state index in [4.69, 9.17) is 4.74 Å². The molecule has 0 heterocycles. The van der Waals surface area contributed by atoms with Gasteiger partial charge >= 0.3 is 0 Å². The molecule has 94 valence electrons. The van der Waals surface area contributed by atoms with Gasteiger partial charge in [-0.05, 0) is 35.9 Å². The molecular formula is C14H12Br2O2. The van der Waals surface area contributed by atoms with Gasteiger partial charge in [-0.15, -0.1) is 0 Å². The van der Waals surface area contributed by atoms with E-state index in [0.29, 0.717) is 0 Å². The molecule has 0 aliphatic carbocycles. The molecule has 2 rings (SSSR count). The molecule has 2 aromatic carbocycles. The number of aliphatic hydroxyl groups is 1. The summed E-state index contributed by atoms with van der Waals surface area (Å²) in [6.07, 6.45) is -0.664. The zero-order valence-electron chi connectivity index (χ0n) is 9.73. The molecule has 18 heavy (non-hydrogen) atoms. The van der Waals surface area contributed by atoms with Crippen LogP contribution in [0.3, 0.4) is 0 Å². The lowest BCUT2D eigenvalue weighted by Crippen LogP contribution is -2.00. The number of hydrogen-bond acceptors (Lipinski definition) is 2. The lowest BCUT2D eigenvalue weighted by Gasteiger charge is -2.14. The molecule has 1 unspecified atom stereocenters. The Balaban J connectivity index is 2.34. The summed E-state index contributed by atoms with van der Waals surface area (Å²) < 4.78 is 6.92. The minimum absolute atomic E-state index is 0.664. The van der Waals surface area contributed by atoms with Gasteiger partial charge in [-0.25, -0.2) is 0 Å². The van der Waals surface area contributed by atoms with Gasteiger partial charge in [0.25, 0.3) is 0 Å². The molecule has 2 aromatic rings. The maximum Gasteiger partial charge on any atom is 0.118 e.